The van der Waals surface area contributed by atoms with Crippen molar-refractivity contribution in [3.05, 3.63) is 18.9 Å². The van der Waals surface area contributed by atoms with Crippen molar-refractivity contribution >= 4 is 0 Å². The van der Waals surface area contributed by atoms with Crippen LogP contribution in [0.5, 0.6) is 5.88 Å². The second-order valence-electron chi connectivity index (χ2n) is 1.42. The predicted molar refractivity (Wildman–Crippen MR) is 27.2 cm³/mol. The molecule has 1 aromatic rings. The number of aromatic nitrogens is 1. The predicted octanol–water partition coefficient (Wildman–Crippen LogP) is 1.15. The van der Waals surface area contributed by atoms with Crippen LogP contribution < -0.4 is 4.74 Å². The smallest absolute Gasteiger partial charge is 0.254 e. The Morgan fingerprint density at radius 2 is 2.62 bits per heavy atom. The Hall–Kier alpha value is -0.990. The minimum Gasteiger partial charge on any atom is -0.472 e. The van der Waals surface area contributed by atoms with Crippen molar-refractivity contribution in [2.24, 2.45) is 0 Å². The molecule has 8 heavy (non-hydrogen) atoms. The molecule has 0 aliphatic heterocycles. The second-order valence-corrected chi connectivity index (χ2v) is 1.42. The molecule has 1 rings (SSSR count). The van der Waals surface area contributed by atoms with E-state index in [0.717, 1.165) is 5.76 Å². The summed E-state index contributed by atoms with van der Waals surface area (Å²) >= 11 is 0. The minimum atomic E-state index is 0.419. The van der Waals surface area contributed by atoms with E-state index in [4.69, 9.17) is 0 Å². The number of ether oxygens (including phenoxy) is 1. The molecule has 0 saturated carbocycles. The highest BCUT2D eigenvalue weighted by atomic mass is 16.5. The van der Waals surface area contributed by atoms with Gasteiger partial charge in [0.15, 0.2) is 0 Å². The van der Waals surface area contributed by atoms with Gasteiger partial charge in [0.1, 0.15) is 12.9 Å². The molecule has 1 aromatic heterocycles. The maximum atomic E-state index is 4.64. The molecule has 3 heteroatoms. The lowest BCUT2D eigenvalue weighted by atomic mass is 10.5. The van der Waals surface area contributed by atoms with Gasteiger partial charge >= 0.3 is 0 Å². The fourth-order valence-electron chi connectivity index (χ4n) is 0.412. The van der Waals surface area contributed by atoms with Crippen LogP contribution in [-0.2, 0) is 0 Å². The van der Waals surface area contributed by atoms with Gasteiger partial charge < -0.3 is 9.26 Å². The second kappa shape index (κ2) is 1.86. The van der Waals surface area contributed by atoms with Crippen LogP contribution in [0.4, 0.5) is 0 Å². The first-order valence-corrected chi connectivity index (χ1v) is 2.18. The van der Waals surface area contributed by atoms with E-state index in [0.29, 0.717) is 5.88 Å². The maximum Gasteiger partial charge on any atom is 0.254 e. The normalized spacial score (nSPS) is 9.25. The fourth-order valence-corrected chi connectivity index (χ4v) is 0.412. The van der Waals surface area contributed by atoms with Crippen LogP contribution >= 0.6 is 0 Å². The summed E-state index contributed by atoms with van der Waals surface area (Å²) in [5.74, 6) is 1.14. The SMILES string of the molecule is [CH2]Oc1cc(C)on1. The summed E-state index contributed by atoms with van der Waals surface area (Å²) in [7, 11) is 3.15. The van der Waals surface area contributed by atoms with Crippen molar-refractivity contribution in [3.8, 4) is 5.88 Å². The lowest BCUT2D eigenvalue weighted by Crippen LogP contribution is -1.74. The molecular formula is C5H6NO2. The Bertz CT molecular complexity index is 171. The molecule has 1 heterocycles. The molecule has 3 nitrogen and oxygen atoms in total. The van der Waals surface area contributed by atoms with E-state index in [2.05, 4.69) is 21.5 Å². The van der Waals surface area contributed by atoms with Crippen molar-refractivity contribution in [2.75, 3.05) is 0 Å². The number of hydrogen-bond acceptors (Lipinski definition) is 3. The Labute approximate surface area is 47.2 Å². The summed E-state index contributed by atoms with van der Waals surface area (Å²) in [6.45, 7) is 1.79. The van der Waals surface area contributed by atoms with Gasteiger partial charge in [-0.15, -0.1) is 0 Å². The third-order valence-corrected chi connectivity index (χ3v) is 0.754. The number of hydrogen-bond donors (Lipinski definition) is 0. The van der Waals surface area contributed by atoms with Crippen LogP contribution in [0.2, 0.25) is 0 Å². The van der Waals surface area contributed by atoms with E-state index >= 15 is 0 Å². The van der Waals surface area contributed by atoms with Crippen LogP contribution in [-0.4, -0.2) is 5.16 Å². The quantitative estimate of drug-likeness (QED) is 0.546. The zero-order valence-electron chi connectivity index (χ0n) is 4.55. The van der Waals surface area contributed by atoms with Crippen LogP contribution in [0.3, 0.4) is 0 Å². The molecule has 0 fully saturated rings. The standard InChI is InChI=1S/C5H6NO2/c1-4-3-5(7-2)6-8-4/h3H,2H2,1H3. The Kier molecular flexibility index (Phi) is 1.20. The summed E-state index contributed by atoms with van der Waals surface area (Å²) < 4.78 is 9.12. The maximum absolute atomic E-state index is 4.64. The molecule has 0 aromatic carbocycles. The summed E-state index contributed by atoms with van der Waals surface area (Å²) in [6, 6.07) is 1.66. The van der Waals surface area contributed by atoms with Crippen LogP contribution in [0.15, 0.2) is 10.6 Å². The van der Waals surface area contributed by atoms with Crippen LogP contribution in [0.25, 0.3) is 0 Å². The number of rotatable bonds is 1. The highest BCUT2D eigenvalue weighted by Crippen LogP contribution is 2.08. The van der Waals surface area contributed by atoms with E-state index in [1.165, 1.54) is 0 Å². The first-order chi connectivity index (χ1) is 3.83. The summed E-state index contributed by atoms with van der Waals surface area (Å²) in [5.41, 5.74) is 0. The van der Waals surface area contributed by atoms with E-state index in [1.807, 2.05) is 0 Å². The fraction of sp³-hybridized carbons (Fsp3) is 0.200. The molecular weight excluding hydrogens is 106 g/mol. The van der Waals surface area contributed by atoms with Crippen molar-refractivity contribution < 1.29 is 9.26 Å². The Morgan fingerprint density at radius 1 is 1.88 bits per heavy atom. The molecule has 0 N–H and O–H groups in total. The topological polar surface area (TPSA) is 35.3 Å². The number of nitrogens with zero attached hydrogens (tertiary/aromatic N) is 1. The Balaban J connectivity index is 2.84. The van der Waals surface area contributed by atoms with Gasteiger partial charge in [0.2, 0.25) is 0 Å². The highest BCUT2D eigenvalue weighted by Gasteiger charge is 1.94. The van der Waals surface area contributed by atoms with Gasteiger partial charge in [-0.05, 0) is 12.1 Å². The van der Waals surface area contributed by atoms with E-state index < -0.39 is 0 Å². The molecule has 0 unspecified atom stereocenters. The van der Waals surface area contributed by atoms with Crippen LogP contribution in [0, 0.1) is 14.0 Å². The van der Waals surface area contributed by atoms with E-state index in [-0.39, 0.29) is 0 Å². The first kappa shape index (κ1) is 5.15. The lowest BCUT2D eigenvalue weighted by Gasteiger charge is -1.82. The third-order valence-electron chi connectivity index (χ3n) is 0.754. The van der Waals surface area contributed by atoms with Gasteiger partial charge in [0.25, 0.3) is 5.88 Å². The molecule has 0 atom stereocenters. The third kappa shape index (κ3) is 0.804. The molecule has 0 aliphatic rings. The average Bonchev–Trinajstić information content (AvgIpc) is 2.14. The van der Waals surface area contributed by atoms with Gasteiger partial charge in [0.05, 0.1) is 0 Å². The van der Waals surface area contributed by atoms with Gasteiger partial charge in [0, 0.05) is 6.07 Å². The van der Waals surface area contributed by atoms with Crippen molar-refractivity contribution in [3.63, 3.8) is 0 Å². The van der Waals surface area contributed by atoms with Gasteiger partial charge in [-0.1, -0.05) is 0 Å². The van der Waals surface area contributed by atoms with E-state index in [9.17, 15) is 0 Å². The molecule has 43 valence electrons. The first-order valence-electron chi connectivity index (χ1n) is 2.18. The van der Waals surface area contributed by atoms with Crippen molar-refractivity contribution in [1.29, 1.82) is 0 Å². The van der Waals surface area contributed by atoms with Gasteiger partial charge in [-0.3, -0.25) is 0 Å². The average molecular weight is 112 g/mol. The van der Waals surface area contributed by atoms with E-state index in [1.54, 1.807) is 13.0 Å². The molecule has 0 bridgehead atoms. The summed E-state index contributed by atoms with van der Waals surface area (Å²) in [6.07, 6.45) is 0. The van der Waals surface area contributed by atoms with Gasteiger partial charge in [-0.25, -0.2) is 0 Å². The lowest BCUT2D eigenvalue weighted by molar-refractivity contribution is 0.352. The Morgan fingerprint density at radius 3 is 2.88 bits per heavy atom. The van der Waals surface area contributed by atoms with Crippen LogP contribution in [0.1, 0.15) is 5.76 Å². The molecule has 0 aliphatic carbocycles. The number of aryl methyl sites for hydroxylation is 1. The monoisotopic (exact) mass is 112 g/mol. The molecule has 0 saturated heterocycles. The molecule has 0 amide bonds. The largest absolute Gasteiger partial charge is 0.472 e. The highest BCUT2D eigenvalue weighted by molar-refractivity contribution is 5.08. The molecule has 0 spiro atoms. The molecule has 1 radical (unpaired) electrons. The zero-order chi connectivity index (χ0) is 5.98. The van der Waals surface area contributed by atoms with Crippen molar-refractivity contribution in [2.45, 2.75) is 6.92 Å². The van der Waals surface area contributed by atoms with Gasteiger partial charge in [-0.2, -0.15) is 0 Å². The zero-order valence-corrected chi connectivity index (χ0v) is 4.55. The van der Waals surface area contributed by atoms with Crippen molar-refractivity contribution in [1.82, 2.24) is 5.16 Å². The summed E-state index contributed by atoms with van der Waals surface area (Å²) in [4.78, 5) is 0. The minimum absolute atomic E-state index is 0.419. The summed E-state index contributed by atoms with van der Waals surface area (Å²) in [5, 5.41) is 3.47.